The van der Waals surface area contributed by atoms with Crippen LogP contribution in [-0.4, -0.2) is 57.8 Å². The molecule has 0 bridgehead atoms. The van der Waals surface area contributed by atoms with Crippen LogP contribution in [0.1, 0.15) is 54.0 Å². The maximum atomic E-state index is 13.5. The third-order valence-electron chi connectivity index (χ3n) is 6.47. The molecule has 2 amide bonds. The SMILES string of the molecule is CC(C)[C@@H](NC(=O)c1cccc(C(=O)O)c1)C(=O)N1CC(=O)[C@](O)(c2ccc(Cl)cc2)C(C)(C)C1. The second-order valence-corrected chi connectivity index (χ2v) is 10.2. The normalized spacial score (nSPS) is 20.4. The van der Waals surface area contributed by atoms with Gasteiger partial charge in [-0.1, -0.05) is 57.5 Å². The summed E-state index contributed by atoms with van der Waals surface area (Å²) >= 11 is 5.96. The lowest BCUT2D eigenvalue weighted by Gasteiger charge is -2.49. The molecular formula is C26H29ClN2O6. The summed E-state index contributed by atoms with van der Waals surface area (Å²) in [5.74, 6) is -3.07. The van der Waals surface area contributed by atoms with Gasteiger partial charge in [0.25, 0.3) is 5.91 Å². The zero-order valence-corrected chi connectivity index (χ0v) is 20.8. The fourth-order valence-electron chi connectivity index (χ4n) is 4.44. The molecule has 35 heavy (non-hydrogen) atoms. The van der Waals surface area contributed by atoms with Crippen molar-refractivity contribution in [1.29, 1.82) is 0 Å². The number of amides is 2. The number of hydrogen-bond donors (Lipinski definition) is 3. The van der Waals surface area contributed by atoms with Crippen LogP contribution in [-0.2, 0) is 15.2 Å². The molecule has 8 nitrogen and oxygen atoms in total. The Morgan fingerprint density at radius 2 is 1.66 bits per heavy atom. The molecule has 2 aromatic rings. The average molecular weight is 501 g/mol. The second-order valence-electron chi connectivity index (χ2n) is 9.80. The van der Waals surface area contributed by atoms with Crippen molar-refractivity contribution in [3.05, 3.63) is 70.2 Å². The molecule has 2 atom stereocenters. The zero-order valence-electron chi connectivity index (χ0n) is 20.0. The number of hydrogen-bond acceptors (Lipinski definition) is 5. The summed E-state index contributed by atoms with van der Waals surface area (Å²) in [5.41, 5.74) is -2.39. The number of aromatic carboxylic acids is 1. The van der Waals surface area contributed by atoms with E-state index in [0.717, 1.165) is 0 Å². The van der Waals surface area contributed by atoms with Crippen LogP contribution < -0.4 is 5.32 Å². The number of carboxylic acid groups (broad SMARTS) is 1. The number of nitrogens with one attached hydrogen (secondary N) is 1. The number of carbonyl (C=O) groups excluding carboxylic acids is 3. The van der Waals surface area contributed by atoms with E-state index in [4.69, 9.17) is 11.6 Å². The van der Waals surface area contributed by atoms with Gasteiger partial charge in [0.05, 0.1) is 12.1 Å². The van der Waals surface area contributed by atoms with E-state index in [1.54, 1.807) is 52.0 Å². The van der Waals surface area contributed by atoms with Gasteiger partial charge in [-0.15, -0.1) is 0 Å². The number of benzene rings is 2. The second kappa shape index (κ2) is 9.79. The van der Waals surface area contributed by atoms with Crippen LogP contribution in [0.15, 0.2) is 48.5 Å². The average Bonchev–Trinajstić information content (AvgIpc) is 2.80. The number of aliphatic hydroxyl groups is 1. The molecule has 1 saturated heterocycles. The monoisotopic (exact) mass is 500 g/mol. The number of carbonyl (C=O) groups is 4. The first kappa shape index (κ1) is 26.4. The predicted octanol–water partition coefficient (Wildman–Crippen LogP) is 3.12. The minimum Gasteiger partial charge on any atom is -0.478 e. The highest BCUT2D eigenvalue weighted by Crippen LogP contribution is 2.44. The number of Topliss-reactive ketones (excluding diaryl/α,β-unsaturated/α-hetero) is 1. The van der Waals surface area contributed by atoms with E-state index in [9.17, 15) is 29.4 Å². The van der Waals surface area contributed by atoms with Crippen LogP contribution in [0.5, 0.6) is 0 Å². The van der Waals surface area contributed by atoms with Crippen molar-refractivity contribution >= 4 is 35.2 Å². The molecule has 3 rings (SSSR count). The quantitative estimate of drug-likeness (QED) is 0.560. The summed E-state index contributed by atoms with van der Waals surface area (Å²) < 4.78 is 0. The minimum atomic E-state index is -1.82. The molecule has 0 aliphatic carbocycles. The minimum absolute atomic E-state index is 0.0464. The Labute approximate surface area is 208 Å². The van der Waals surface area contributed by atoms with Crippen LogP contribution >= 0.6 is 11.6 Å². The summed E-state index contributed by atoms with van der Waals surface area (Å²) in [6.45, 7) is 6.69. The highest BCUT2D eigenvalue weighted by atomic mass is 35.5. The third kappa shape index (κ3) is 5.09. The topological polar surface area (TPSA) is 124 Å². The summed E-state index contributed by atoms with van der Waals surface area (Å²) in [7, 11) is 0. The van der Waals surface area contributed by atoms with Gasteiger partial charge in [0, 0.05) is 22.5 Å². The number of halogens is 1. The standard InChI is InChI=1S/C26H29ClN2O6/c1-15(2)21(28-22(31)16-6-5-7-17(12-16)24(33)34)23(32)29-13-20(30)26(35,25(3,4)14-29)18-8-10-19(27)11-9-18/h5-12,15,21,35H,13-14H2,1-4H3,(H,28,31)(H,33,34)/t21-,26-/m1/s1. The van der Waals surface area contributed by atoms with Crippen molar-refractivity contribution in [2.75, 3.05) is 13.1 Å². The van der Waals surface area contributed by atoms with Crippen LogP contribution in [0.3, 0.4) is 0 Å². The molecule has 1 heterocycles. The summed E-state index contributed by atoms with van der Waals surface area (Å²) in [6.07, 6.45) is 0. The Morgan fingerprint density at radius 1 is 1.06 bits per heavy atom. The van der Waals surface area contributed by atoms with Gasteiger partial charge in [-0.2, -0.15) is 0 Å². The summed E-state index contributed by atoms with van der Waals surface area (Å²) in [6, 6.07) is 11.0. The molecule has 186 valence electrons. The molecule has 3 N–H and O–H groups in total. The fourth-order valence-corrected chi connectivity index (χ4v) is 4.57. The van der Waals surface area contributed by atoms with E-state index in [-0.39, 0.29) is 30.1 Å². The molecule has 1 aliphatic rings. The fraction of sp³-hybridized carbons (Fsp3) is 0.385. The van der Waals surface area contributed by atoms with Crippen LogP contribution in [0, 0.1) is 11.3 Å². The van der Waals surface area contributed by atoms with Crippen LogP contribution in [0.4, 0.5) is 0 Å². The lowest BCUT2D eigenvalue weighted by atomic mass is 9.65. The highest BCUT2D eigenvalue weighted by Gasteiger charge is 2.56. The Bertz CT molecular complexity index is 1160. The first-order valence-corrected chi connectivity index (χ1v) is 11.6. The lowest BCUT2D eigenvalue weighted by molar-refractivity contribution is -0.172. The van der Waals surface area contributed by atoms with Gasteiger partial charge >= 0.3 is 5.97 Å². The first-order valence-electron chi connectivity index (χ1n) is 11.2. The Hall–Kier alpha value is -3.23. The summed E-state index contributed by atoms with van der Waals surface area (Å²) in [4.78, 5) is 52.1. The molecule has 0 spiro atoms. The van der Waals surface area contributed by atoms with Crippen molar-refractivity contribution in [2.24, 2.45) is 11.3 Å². The van der Waals surface area contributed by atoms with Crippen molar-refractivity contribution in [1.82, 2.24) is 10.2 Å². The molecule has 1 aliphatic heterocycles. The summed E-state index contributed by atoms with van der Waals surface area (Å²) in [5, 5.41) is 23.8. The van der Waals surface area contributed by atoms with E-state index in [0.29, 0.717) is 10.6 Å². The van der Waals surface area contributed by atoms with Gasteiger partial charge in [0.2, 0.25) is 5.91 Å². The number of nitrogens with zero attached hydrogens (tertiary/aromatic N) is 1. The Balaban J connectivity index is 1.83. The molecule has 0 saturated carbocycles. The molecule has 0 aromatic heterocycles. The molecular weight excluding hydrogens is 472 g/mol. The van der Waals surface area contributed by atoms with E-state index >= 15 is 0 Å². The molecule has 2 aromatic carbocycles. The van der Waals surface area contributed by atoms with Crippen molar-refractivity contribution in [3.8, 4) is 0 Å². The van der Waals surface area contributed by atoms with E-state index in [1.807, 2.05) is 0 Å². The smallest absolute Gasteiger partial charge is 0.335 e. The van der Waals surface area contributed by atoms with E-state index in [2.05, 4.69) is 5.32 Å². The maximum Gasteiger partial charge on any atom is 0.335 e. The van der Waals surface area contributed by atoms with Gasteiger partial charge < -0.3 is 20.4 Å². The van der Waals surface area contributed by atoms with Gasteiger partial charge in [-0.05, 0) is 41.8 Å². The van der Waals surface area contributed by atoms with E-state index in [1.165, 1.54) is 29.2 Å². The number of piperidine rings is 1. The predicted molar refractivity (Wildman–Crippen MR) is 130 cm³/mol. The zero-order chi connectivity index (χ0) is 26.1. The van der Waals surface area contributed by atoms with Crippen molar-refractivity contribution < 1.29 is 29.4 Å². The van der Waals surface area contributed by atoms with Crippen molar-refractivity contribution in [2.45, 2.75) is 39.3 Å². The Morgan fingerprint density at radius 3 is 2.20 bits per heavy atom. The van der Waals surface area contributed by atoms with Crippen LogP contribution in [0.2, 0.25) is 5.02 Å². The Kier molecular flexibility index (Phi) is 7.38. The van der Waals surface area contributed by atoms with Gasteiger partial charge in [0.1, 0.15) is 6.04 Å². The van der Waals surface area contributed by atoms with Crippen molar-refractivity contribution in [3.63, 3.8) is 0 Å². The molecule has 9 heteroatoms. The molecule has 0 unspecified atom stereocenters. The van der Waals surface area contributed by atoms with Crippen LogP contribution in [0.25, 0.3) is 0 Å². The number of carboxylic acids is 1. The van der Waals surface area contributed by atoms with E-state index < -0.39 is 40.6 Å². The molecule has 1 fully saturated rings. The van der Waals surface area contributed by atoms with Gasteiger partial charge in [-0.25, -0.2) is 4.79 Å². The molecule has 0 radical (unpaired) electrons. The number of rotatable bonds is 6. The first-order chi connectivity index (χ1) is 16.3. The lowest BCUT2D eigenvalue weighted by Crippen LogP contribution is -2.65. The maximum absolute atomic E-state index is 13.5. The van der Waals surface area contributed by atoms with Gasteiger partial charge in [0.15, 0.2) is 11.4 Å². The largest absolute Gasteiger partial charge is 0.478 e. The highest BCUT2D eigenvalue weighted by molar-refractivity contribution is 6.30. The third-order valence-corrected chi connectivity index (χ3v) is 6.72. The number of likely N-dealkylation sites (tertiary alicyclic amines) is 1. The number of ketones is 1. The van der Waals surface area contributed by atoms with Gasteiger partial charge in [-0.3, -0.25) is 14.4 Å².